The molecule has 0 radical (unpaired) electrons. The van der Waals surface area contributed by atoms with Crippen LogP contribution in [0.5, 0.6) is 0 Å². The van der Waals surface area contributed by atoms with Crippen LogP contribution < -0.4 is 0 Å². The summed E-state index contributed by atoms with van der Waals surface area (Å²) in [4.78, 5) is 11.1. The van der Waals surface area contributed by atoms with Gasteiger partial charge in [-0.3, -0.25) is 4.79 Å². The summed E-state index contributed by atoms with van der Waals surface area (Å²) in [7, 11) is 0. The summed E-state index contributed by atoms with van der Waals surface area (Å²) in [6, 6.07) is 0. The van der Waals surface area contributed by atoms with Crippen LogP contribution in [0.25, 0.3) is 0 Å². The first-order valence-corrected chi connectivity index (χ1v) is 7.00. The van der Waals surface area contributed by atoms with E-state index in [1.54, 1.807) is 0 Å². The van der Waals surface area contributed by atoms with Crippen LogP contribution in [0.2, 0.25) is 0 Å². The van der Waals surface area contributed by atoms with Crippen LogP contribution in [-0.4, -0.2) is 5.78 Å². The number of ketones is 1. The maximum atomic E-state index is 11.1. The summed E-state index contributed by atoms with van der Waals surface area (Å²) in [6.07, 6.45) is 14.3. The van der Waals surface area contributed by atoms with Crippen molar-refractivity contribution in [3.05, 3.63) is 12.2 Å². The average molecular weight is 220 g/mol. The Morgan fingerprint density at radius 2 is 1.94 bits per heavy atom. The fraction of sp³-hybridized carbons (Fsp3) is 0.800. The zero-order valence-corrected chi connectivity index (χ0v) is 10.5. The first kappa shape index (κ1) is 11.9. The number of carbonyl (C=O) groups excluding carboxylic acids is 1. The number of hydrogen-bond donors (Lipinski definition) is 0. The Labute approximate surface area is 99.3 Å². The number of hydrogen-bond acceptors (Lipinski definition) is 1. The lowest BCUT2D eigenvalue weighted by atomic mass is 9.72. The Balaban J connectivity index is 1.80. The number of allylic oxidation sites excluding steroid dienone is 2. The Morgan fingerprint density at radius 1 is 1.19 bits per heavy atom. The quantitative estimate of drug-likeness (QED) is 0.699. The van der Waals surface area contributed by atoms with Crippen LogP contribution in [0.4, 0.5) is 0 Å². The second kappa shape index (κ2) is 5.65. The molecule has 0 aromatic rings. The average Bonchev–Trinajstić information content (AvgIpc) is 2.32. The molecule has 0 aromatic heterocycles. The molecule has 0 heterocycles. The van der Waals surface area contributed by atoms with Crippen molar-refractivity contribution in [2.24, 2.45) is 17.8 Å². The molecule has 1 atom stereocenters. The van der Waals surface area contributed by atoms with Gasteiger partial charge < -0.3 is 0 Å². The third-order valence-corrected chi connectivity index (χ3v) is 4.45. The topological polar surface area (TPSA) is 17.1 Å². The summed E-state index contributed by atoms with van der Waals surface area (Å²) in [5, 5.41) is 0. The van der Waals surface area contributed by atoms with E-state index in [0.717, 1.165) is 24.7 Å². The Morgan fingerprint density at radius 3 is 2.50 bits per heavy atom. The van der Waals surface area contributed by atoms with Crippen LogP contribution in [0.3, 0.4) is 0 Å². The summed E-state index contributed by atoms with van der Waals surface area (Å²) in [5.41, 5.74) is 0. The first-order chi connectivity index (χ1) is 7.79. The molecule has 90 valence electrons. The lowest BCUT2D eigenvalue weighted by Gasteiger charge is -2.33. The molecular weight excluding hydrogens is 196 g/mol. The van der Waals surface area contributed by atoms with E-state index >= 15 is 0 Å². The van der Waals surface area contributed by atoms with Gasteiger partial charge in [0.2, 0.25) is 0 Å². The largest absolute Gasteiger partial charge is 0.295 e. The van der Waals surface area contributed by atoms with Crippen LogP contribution >= 0.6 is 0 Å². The SMILES string of the molecule is CCCC1CCC(C2C=CC(=O)CC2)CC1. The monoisotopic (exact) mass is 220 g/mol. The molecule has 0 amide bonds. The highest BCUT2D eigenvalue weighted by molar-refractivity contribution is 5.90. The Kier molecular flexibility index (Phi) is 4.20. The molecule has 0 bridgehead atoms. The van der Waals surface area contributed by atoms with Crippen LogP contribution in [-0.2, 0) is 4.79 Å². The van der Waals surface area contributed by atoms with Gasteiger partial charge >= 0.3 is 0 Å². The predicted octanol–water partition coefficient (Wildman–Crippen LogP) is 4.13. The smallest absolute Gasteiger partial charge is 0.155 e. The van der Waals surface area contributed by atoms with E-state index in [4.69, 9.17) is 0 Å². The first-order valence-electron chi connectivity index (χ1n) is 7.00. The lowest BCUT2D eigenvalue weighted by Crippen LogP contribution is -2.23. The van der Waals surface area contributed by atoms with E-state index in [-0.39, 0.29) is 0 Å². The molecule has 0 spiro atoms. The van der Waals surface area contributed by atoms with Crippen LogP contribution in [0.15, 0.2) is 12.2 Å². The molecule has 2 rings (SSSR count). The highest BCUT2D eigenvalue weighted by Crippen LogP contribution is 2.38. The van der Waals surface area contributed by atoms with Gasteiger partial charge in [0, 0.05) is 6.42 Å². The predicted molar refractivity (Wildman–Crippen MR) is 67.2 cm³/mol. The zero-order valence-electron chi connectivity index (χ0n) is 10.5. The van der Waals surface area contributed by atoms with E-state index in [1.165, 1.54) is 38.5 Å². The van der Waals surface area contributed by atoms with Gasteiger partial charge in [0.05, 0.1) is 0 Å². The van der Waals surface area contributed by atoms with Crippen molar-refractivity contribution >= 4 is 5.78 Å². The maximum Gasteiger partial charge on any atom is 0.155 e. The standard InChI is InChI=1S/C15H24O/c1-2-3-12-4-6-13(7-5-12)14-8-10-15(16)11-9-14/h8,10,12-14H,2-7,9,11H2,1H3. The van der Waals surface area contributed by atoms with E-state index in [2.05, 4.69) is 13.0 Å². The molecule has 1 unspecified atom stereocenters. The normalized spacial score (nSPS) is 35.3. The maximum absolute atomic E-state index is 11.1. The molecule has 1 fully saturated rings. The van der Waals surface area contributed by atoms with Gasteiger partial charge in [0.25, 0.3) is 0 Å². The third-order valence-electron chi connectivity index (χ3n) is 4.45. The zero-order chi connectivity index (χ0) is 11.4. The van der Waals surface area contributed by atoms with Gasteiger partial charge in [-0.2, -0.15) is 0 Å². The molecular formula is C15H24O. The lowest BCUT2D eigenvalue weighted by molar-refractivity contribution is -0.115. The molecule has 0 saturated heterocycles. The molecule has 0 aromatic carbocycles. The summed E-state index contributed by atoms with van der Waals surface area (Å²) in [6.45, 7) is 2.29. The summed E-state index contributed by atoms with van der Waals surface area (Å²) < 4.78 is 0. The minimum Gasteiger partial charge on any atom is -0.295 e. The molecule has 0 aliphatic heterocycles. The Hall–Kier alpha value is -0.590. The molecule has 16 heavy (non-hydrogen) atoms. The molecule has 2 aliphatic rings. The van der Waals surface area contributed by atoms with Crippen molar-refractivity contribution in [2.75, 3.05) is 0 Å². The van der Waals surface area contributed by atoms with Gasteiger partial charge in [-0.25, -0.2) is 0 Å². The van der Waals surface area contributed by atoms with Crippen molar-refractivity contribution in [3.63, 3.8) is 0 Å². The van der Waals surface area contributed by atoms with Crippen LogP contribution in [0.1, 0.15) is 58.3 Å². The van der Waals surface area contributed by atoms with Gasteiger partial charge in [0.1, 0.15) is 0 Å². The van der Waals surface area contributed by atoms with E-state index in [9.17, 15) is 4.79 Å². The molecule has 2 aliphatic carbocycles. The fourth-order valence-corrected chi connectivity index (χ4v) is 3.43. The third kappa shape index (κ3) is 2.96. The Bertz CT molecular complexity index is 259. The second-order valence-corrected chi connectivity index (χ2v) is 5.60. The fourth-order valence-electron chi connectivity index (χ4n) is 3.43. The molecule has 0 N–H and O–H groups in total. The van der Waals surface area contributed by atoms with Gasteiger partial charge in [0.15, 0.2) is 5.78 Å². The van der Waals surface area contributed by atoms with Crippen molar-refractivity contribution in [3.8, 4) is 0 Å². The summed E-state index contributed by atoms with van der Waals surface area (Å²) >= 11 is 0. The number of rotatable bonds is 3. The van der Waals surface area contributed by atoms with Crippen LogP contribution in [0, 0.1) is 17.8 Å². The van der Waals surface area contributed by atoms with E-state index < -0.39 is 0 Å². The van der Waals surface area contributed by atoms with Gasteiger partial charge in [-0.15, -0.1) is 0 Å². The van der Waals surface area contributed by atoms with Gasteiger partial charge in [-0.1, -0.05) is 38.7 Å². The minimum absolute atomic E-state index is 0.330. The minimum atomic E-state index is 0.330. The van der Waals surface area contributed by atoms with Crippen molar-refractivity contribution in [1.82, 2.24) is 0 Å². The highest BCUT2D eigenvalue weighted by atomic mass is 16.1. The highest BCUT2D eigenvalue weighted by Gasteiger charge is 2.27. The molecule has 1 heteroatoms. The van der Waals surface area contributed by atoms with Crippen molar-refractivity contribution < 1.29 is 4.79 Å². The second-order valence-electron chi connectivity index (χ2n) is 5.60. The van der Waals surface area contributed by atoms with Gasteiger partial charge in [-0.05, 0) is 43.1 Å². The summed E-state index contributed by atoms with van der Waals surface area (Å²) in [5.74, 6) is 2.91. The number of carbonyl (C=O) groups is 1. The van der Waals surface area contributed by atoms with E-state index in [0.29, 0.717) is 11.7 Å². The molecule has 1 nitrogen and oxygen atoms in total. The van der Waals surface area contributed by atoms with Crippen molar-refractivity contribution in [1.29, 1.82) is 0 Å². The van der Waals surface area contributed by atoms with E-state index in [1.807, 2.05) is 6.08 Å². The van der Waals surface area contributed by atoms with Crippen molar-refractivity contribution in [2.45, 2.75) is 58.3 Å². The molecule has 1 saturated carbocycles.